The third-order valence-electron chi connectivity index (χ3n) is 2.94. The van der Waals surface area contributed by atoms with E-state index in [1.807, 2.05) is 18.8 Å². The molecule has 0 aliphatic heterocycles. The number of thioether (sulfide) groups is 1. The van der Waals surface area contributed by atoms with Gasteiger partial charge in [-0.15, -0.1) is 0 Å². The van der Waals surface area contributed by atoms with Gasteiger partial charge in [-0.3, -0.25) is 0 Å². The molecule has 0 saturated carbocycles. The van der Waals surface area contributed by atoms with Gasteiger partial charge in [-0.2, -0.15) is 11.8 Å². The number of rotatable bonds is 6. The monoisotopic (exact) mass is 253 g/mol. The topological polar surface area (TPSA) is 37.8 Å². The minimum atomic E-state index is 0.669. The first-order valence-corrected chi connectivity index (χ1v) is 7.32. The fourth-order valence-corrected chi connectivity index (χ4v) is 2.40. The average molecular weight is 253 g/mol. The van der Waals surface area contributed by atoms with Crippen LogP contribution >= 0.6 is 11.8 Å². The fraction of sp³-hybridized carbons (Fsp3) is 0.692. The summed E-state index contributed by atoms with van der Waals surface area (Å²) >= 11 is 1.92. The molecule has 1 atom stereocenters. The highest BCUT2D eigenvalue weighted by molar-refractivity contribution is 7.99. The summed E-state index contributed by atoms with van der Waals surface area (Å²) in [6.07, 6.45) is 2.15. The molecule has 0 aliphatic carbocycles. The van der Waals surface area contributed by atoms with Gasteiger partial charge in [-0.05, 0) is 19.8 Å². The molecule has 4 heteroatoms. The maximum absolute atomic E-state index is 4.63. The van der Waals surface area contributed by atoms with Gasteiger partial charge in [0, 0.05) is 23.6 Å². The number of aromatic nitrogens is 2. The first-order valence-electron chi connectivity index (χ1n) is 6.28. The second-order valence-corrected chi connectivity index (χ2v) is 5.62. The molecule has 0 aromatic carbocycles. The molecule has 0 fully saturated rings. The van der Waals surface area contributed by atoms with E-state index in [4.69, 9.17) is 0 Å². The van der Waals surface area contributed by atoms with Crippen LogP contribution in [0.5, 0.6) is 0 Å². The molecule has 1 rings (SSSR count). The maximum atomic E-state index is 4.63. The zero-order chi connectivity index (χ0) is 12.8. The Morgan fingerprint density at radius 1 is 1.29 bits per heavy atom. The highest BCUT2D eigenvalue weighted by Crippen LogP contribution is 2.21. The van der Waals surface area contributed by atoms with Gasteiger partial charge in [0.15, 0.2) is 0 Å². The first-order chi connectivity index (χ1) is 8.12. The Morgan fingerprint density at radius 2 is 2.00 bits per heavy atom. The van der Waals surface area contributed by atoms with E-state index >= 15 is 0 Å². The van der Waals surface area contributed by atoms with Crippen LogP contribution in [0.1, 0.15) is 44.3 Å². The second kappa shape index (κ2) is 6.84. The molecule has 0 aliphatic rings. The normalized spacial score (nSPS) is 12.5. The summed E-state index contributed by atoms with van der Waals surface area (Å²) in [6, 6.07) is 0. The SMILES string of the molecule is CCc1nc(CSC(C)CC)nc(NC)c1C. The quantitative estimate of drug-likeness (QED) is 0.843. The van der Waals surface area contributed by atoms with Crippen molar-refractivity contribution < 1.29 is 0 Å². The van der Waals surface area contributed by atoms with Crippen LogP contribution in [0.3, 0.4) is 0 Å². The molecule has 0 saturated heterocycles. The molecule has 0 spiro atoms. The van der Waals surface area contributed by atoms with E-state index in [0.29, 0.717) is 5.25 Å². The van der Waals surface area contributed by atoms with E-state index in [-0.39, 0.29) is 0 Å². The molecule has 0 bridgehead atoms. The number of anilines is 1. The highest BCUT2D eigenvalue weighted by Gasteiger charge is 2.09. The summed E-state index contributed by atoms with van der Waals surface area (Å²) in [5.74, 6) is 2.82. The van der Waals surface area contributed by atoms with Gasteiger partial charge in [0.2, 0.25) is 0 Å². The molecule has 1 heterocycles. The predicted octanol–water partition coefficient (Wildman–Crippen LogP) is 3.42. The number of hydrogen-bond donors (Lipinski definition) is 1. The molecular weight excluding hydrogens is 230 g/mol. The van der Waals surface area contributed by atoms with Crippen molar-refractivity contribution >= 4 is 17.6 Å². The zero-order valence-electron chi connectivity index (χ0n) is 11.5. The molecule has 96 valence electrons. The molecule has 0 amide bonds. The van der Waals surface area contributed by atoms with Crippen LogP contribution in [0.25, 0.3) is 0 Å². The fourth-order valence-electron chi connectivity index (χ4n) is 1.60. The third kappa shape index (κ3) is 3.87. The molecule has 1 N–H and O–H groups in total. The van der Waals surface area contributed by atoms with Crippen LogP contribution in [0.4, 0.5) is 5.82 Å². The Morgan fingerprint density at radius 3 is 2.53 bits per heavy atom. The lowest BCUT2D eigenvalue weighted by atomic mass is 10.2. The van der Waals surface area contributed by atoms with Gasteiger partial charge in [0.25, 0.3) is 0 Å². The van der Waals surface area contributed by atoms with Crippen LogP contribution in [-0.2, 0) is 12.2 Å². The third-order valence-corrected chi connectivity index (χ3v) is 4.26. The van der Waals surface area contributed by atoms with Crippen LogP contribution in [0, 0.1) is 6.92 Å². The Hall–Kier alpha value is -0.770. The molecule has 3 nitrogen and oxygen atoms in total. The van der Waals surface area contributed by atoms with Gasteiger partial charge in [0.05, 0.1) is 5.75 Å². The maximum Gasteiger partial charge on any atom is 0.140 e. The molecule has 1 aromatic rings. The van der Waals surface area contributed by atoms with Gasteiger partial charge < -0.3 is 5.32 Å². The zero-order valence-corrected chi connectivity index (χ0v) is 12.3. The second-order valence-electron chi connectivity index (χ2n) is 4.19. The first kappa shape index (κ1) is 14.3. The number of nitrogens with one attached hydrogen (secondary N) is 1. The molecule has 1 aromatic heterocycles. The predicted molar refractivity (Wildman–Crippen MR) is 76.7 cm³/mol. The van der Waals surface area contributed by atoms with Gasteiger partial charge >= 0.3 is 0 Å². The van der Waals surface area contributed by atoms with E-state index in [1.54, 1.807) is 0 Å². The van der Waals surface area contributed by atoms with Crippen molar-refractivity contribution in [1.82, 2.24) is 9.97 Å². The number of nitrogens with zero attached hydrogens (tertiary/aromatic N) is 2. The lowest BCUT2D eigenvalue weighted by Gasteiger charge is -2.12. The van der Waals surface area contributed by atoms with Gasteiger partial charge in [0.1, 0.15) is 11.6 Å². The Labute approximate surface area is 109 Å². The Bertz CT molecular complexity index is 341. The van der Waals surface area contributed by atoms with E-state index in [0.717, 1.165) is 29.5 Å². The Balaban J connectivity index is 2.85. The van der Waals surface area contributed by atoms with Crippen LogP contribution in [0.15, 0.2) is 0 Å². The van der Waals surface area contributed by atoms with Crippen molar-refractivity contribution in [2.75, 3.05) is 12.4 Å². The minimum absolute atomic E-state index is 0.669. The average Bonchev–Trinajstić information content (AvgIpc) is 2.36. The largest absolute Gasteiger partial charge is 0.373 e. The summed E-state index contributed by atoms with van der Waals surface area (Å²) < 4.78 is 0. The van der Waals surface area contributed by atoms with Crippen molar-refractivity contribution in [2.24, 2.45) is 0 Å². The van der Waals surface area contributed by atoms with Gasteiger partial charge in [-0.25, -0.2) is 9.97 Å². The van der Waals surface area contributed by atoms with Crippen LogP contribution in [0.2, 0.25) is 0 Å². The standard InChI is InChI=1S/C13H23N3S/c1-6-9(3)17-8-12-15-11(7-2)10(4)13(14-5)16-12/h9H,6-8H2,1-5H3,(H,14,15,16). The lowest BCUT2D eigenvalue weighted by Crippen LogP contribution is -2.07. The van der Waals surface area contributed by atoms with Gasteiger partial charge in [-0.1, -0.05) is 20.8 Å². The summed E-state index contributed by atoms with van der Waals surface area (Å²) in [6.45, 7) is 8.68. The van der Waals surface area contributed by atoms with Crippen molar-refractivity contribution in [3.8, 4) is 0 Å². The van der Waals surface area contributed by atoms with Crippen molar-refractivity contribution in [3.05, 3.63) is 17.1 Å². The van der Waals surface area contributed by atoms with Crippen molar-refractivity contribution in [1.29, 1.82) is 0 Å². The number of aryl methyl sites for hydroxylation is 1. The molecular formula is C13H23N3S. The van der Waals surface area contributed by atoms with Crippen molar-refractivity contribution in [3.63, 3.8) is 0 Å². The molecule has 1 unspecified atom stereocenters. The number of hydrogen-bond acceptors (Lipinski definition) is 4. The molecule has 17 heavy (non-hydrogen) atoms. The van der Waals surface area contributed by atoms with E-state index in [1.165, 1.54) is 12.0 Å². The smallest absolute Gasteiger partial charge is 0.140 e. The van der Waals surface area contributed by atoms with E-state index < -0.39 is 0 Å². The summed E-state index contributed by atoms with van der Waals surface area (Å²) in [5, 5.41) is 3.82. The molecule has 0 radical (unpaired) electrons. The summed E-state index contributed by atoms with van der Waals surface area (Å²) in [7, 11) is 1.92. The summed E-state index contributed by atoms with van der Waals surface area (Å²) in [5.41, 5.74) is 2.33. The summed E-state index contributed by atoms with van der Waals surface area (Å²) in [4.78, 5) is 9.20. The van der Waals surface area contributed by atoms with Crippen LogP contribution < -0.4 is 5.32 Å². The van der Waals surface area contributed by atoms with E-state index in [2.05, 4.69) is 43.0 Å². The highest BCUT2D eigenvalue weighted by atomic mass is 32.2. The minimum Gasteiger partial charge on any atom is -0.373 e. The lowest BCUT2D eigenvalue weighted by molar-refractivity contribution is 0.891. The van der Waals surface area contributed by atoms with E-state index in [9.17, 15) is 0 Å². The van der Waals surface area contributed by atoms with Crippen molar-refractivity contribution in [2.45, 2.75) is 51.5 Å². The Kier molecular flexibility index (Phi) is 5.75. The van der Waals surface area contributed by atoms with Crippen LogP contribution in [-0.4, -0.2) is 22.3 Å².